The van der Waals surface area contributed by atoms with E-state index < -0.39 is 0 Å². The van der Waals surface area contributed by atoms with Crippen molar-refractivity contribution in [1.82, 2.24) is 5.32 Å². The van der Waals surface area contributed by atoms with Gasteiger partial charge in [0.1, 0.15) is 0 Å². The Hall–Kier alpha value is -0.870. The van der Waals surface area contributed by atoms with Crippen LogP contribution in [0.5, 0.6) is 0 Å². The number of fused-ring (bicyclic) bond motifs is 1. The van der Waals surface area contributed by atoms with Crippen LogP contribution in [-0.4, -0.2) is 18.0 Å². The molecule has 1 aliphatic carbocycles. The third-order valence-electron chi connectivity index (χ3n) is 3.42. The highest BCUT2D eigenvalue weighted by Gasteiger charge is 2.20. The van der Waals surface area contributed by atoms with Crippen LogP contribution in [0.3, 0.4) is 0 Å². The number of hydrogen-bond donors (Lipinski definition) is 2. The molecule has 2 unspecified atom stereocenters. The summed E-state index contributed by atoms with van der Waals surface area (Å²) in [4.78, 5) is 10.9. The van der Waals surface area contributed by atoms with Crippen LogP contribution in [0.1, 0.15) is 30.9 Å². The van der Waals surface area contributed by atoms with Gasteiger partial charge in [0, 0.05) is 23.0 Å². The van der Waals surface area contributed by atoms with Crippen LogP contribution >= 0.6 is 15.9 Å². The number of amides is 1. The second-order valence-electron chi connectivity index (χ2n) is 5.09. The molecule has 0 saturated carbocycles. The molecule has 2 atom stereocenters. The lowest BCUT2D eigenvalue weighted by Gasteiger charge is -2.28. The average Bonchev–Trinajstić information content (AvgIpc) is 2.28. The van der Waals surface area contributed by atoms with E-state index in [0.29, 0.717) is 12.5 Å². The molecule has 1 amide bonds. The van der Waals surface area contributed by atoms with Gasteiger partial charge in [-0.05, 0) is 49.4 Å². The Labute approximate surface area is 116 Å². The topological polar surface area (TPSA) is 55.1 Å². The molecule has 0 heterocycles. The van der Waals surface area contributed by atoms with Crippen molar-refractivity contribution < 1.29 is 4.79 Å². The van der Waals surface area contributed by atoms with Crippen LogP contribution in [0, 0.1) is 0 Å². The number of nitrogens with one attached hydrogen (secondary N) is 1. The molecule has 1 aromatic rings. The molecule has 4 heteroatoms. The van der Waals surface area contributed by atoms with Crippen LogP contribution in [0.25, 0.3) is 0 Å². The molecular formula is C14H19BrN2O. The Morgan fingerprint density at radius 2 is 2.33 bits per heavy atom. The average molecular weight is 311 g/mol. The molecule has 0 radical (unpaired) electrons. The second kappa shape index (κ2) is 5.85. The number of primary amides is 1. The van der Waals surface area contributed by atoms with Gasteiger partial charge in [-0.2, -0.15) is 0 Å². The zero-order valence-electron chi connectivity index (χ0n) is 10.6. The summed E-state index contributed by atoms with van der Waals surface area (Å²) in [6.07, 6.45) is 3.65. The summed E-state index contributed by atoms with van der Waals surface area (Å²) < 4.78 is 1.15. The van der Waals surface area contributed by atoms with Gasteiger partial charge in [-0.1, -0.05) is 22.0 Å². The van der Waals surface area contributed by atoms with Crippen LogP contribution in [0.2, 0.25) is 0 Å². The Morgan fingerprint density at radius 1 is 1.56 bits per heavy atom. The predicted molar refractivity (Wildman–Crippen MR) is 76.4 cm³/mol. The largest absolute Gasteiger partial charge is 0.370 e. The van der Waals surface area contributed by atoms with E-state index in [0.717, 1.165) is 23.7 Å². The Balaban J connectivity index is 1.95. The van der Waals surface area contributed by atoms with E-state index in [4.69, 9.17) is 5.73 Å². The van der Waals surface area contributed by atoms with Gasteiger partial charge in [-0.15, -0.1) is 0 Å². The number of aryl methyl sites for hydroxylation is 1. The third kappa shape index (κ3) is 3.56. The van der Waals surface area contributed by atoms with E-state index in [1.54, 1.807) is 0 Å². The Kier molecular flexibility index (Phi) is 4.40. The number of rotatable bonds is 4. The summed E-state index contributed by atoms with van der Waals surface area (Å²) in [6.45, 7) is 2.02. The maximum atomic E-state index is 10.9. The summed E-state index contributed by atoms with van der Waals surface area (Å²) >= 11 is 3.51. The lowest BCUT2D eigenvalue weighted by Crippen LogP contribution is -2.41. The summed E-state index contributed by atoms with van der Waals surface area (Å²) in [7, 11) is 0. The first-order valence-corrected chi connectivity index (χ1v) is 7.15. The number of hydrogen-bond acceptors (Lipinski definition) is 2. The van der Waals surface area contributed by atoms with Crippen LogP contribution in [0.4, 0.5) is 0 Å². The maximum absolute atomic E-state index is 10.9. The fraction of sp³-hybridized carbons (Fsp3) is 0.500. The maximum Gasteiger partial charge on any atom is 0.218 e. The van der Waals surface area contributed by atoms with Crippen LogP contribution < -0.4 is 11.1 Å². The first-order chi connectivity index (χ1) is 8.54. The van der Waals surface area contributed by atoms with Gasteiger partial charge in [0.2, 0.25) is 5.91 Å². The third-order valence-corrected chi connectivity index (χ3v) is 3.92. The minimum Gasteiger partial charge on any atom is -0.370 e. The Morgan fingerprint density at radius 3 is 3.06 bits per heavy atom. The van der Waals surface area contributed by atoms with Crippen LogP contribution in [0.15, 0.2) is 22.7 Å². The standard InChI is InChI=1S/C14H19BrN2O/c1-9(6-14(16)18)17-13-5-3-10-7-12(15)4-2-11(10)8-13/h2,4,7,9,13,17H,3,5-6,8H2,1H3,(H2,16,18). The monoisotopic (exact) mass is 310 g/mol. The molecule has 0 spiro atoms. The number of carbonyl (C=O) groups is 1. The molecule has 98 valence electrons. The van der Waals surface area contributed by atoms with Gasteiger partial charge in [0.25, 0.3) is 0 Å². The Bertz CT molecular complexity index is 447. The van der Waals surface area contributed by atoms with E-state index in [2.05, 4.69) is 39.4 Å². The molecular weight excluding hydrogens is 292 g/mol. The molecule has 1 aromatic carbocycles. The lowest BCUT2D eigenvalue weighted by atomic mass is 9.88. The predicted octanol–water partition coefficient (Wildman–Crippen LogP) is 2.16. The molecule has 18 heavy (non-hydrogen) atoms. The summed E-state index contributed by atoms with van der Waals surface area (Å²) in [6, 6.07) is 7.09. The first kappa shape index (κ1) is 13.6. The fourth-order valence-corrected chi connectivity index (χ4v) is 3.04. The van der Waals surface area contributed by atoms with Gasteiger partial charge in [-0.25, -0.2) is 0 Å². The van der Waals surface area contributed by atoms with Gasteiger partial charge in [0.05, 0.1) is 0 Å². The highest BCUT2D eigenvalue weighted by Crippen LogP contribution is 2.25. The summed E-state index contributed by atoms with van der Waals surface area (Å²) in [5.74, 6) is -0.241. The van der Waals surface area contributed by atoms with Crippen molar-refractivity contribution in [1.29, 1.82) is 0 Å². The highest BCUT2D eigenvalue weighted by atomic mass is 79.9. The molecule has 2 rings (SSSR count). The highest BCUT2D eigenvalue weighted by molar-refractivity contribution is 9.10. The van der Waals surface area contributed by atoms with Crippen molar-refractivity contribution in [2.75, 3.05) is 0 Å². The molecule has 1 aliphatic rings. The van der Waals surface area contributed by atoms with Gasteiger partial charge in [-0.3, -0.25) is 4.79 Å². The quantitative estimate of drug-likeness (QED) is 0.895. The fourth-order valence-electron chi connectivity index (χ4n) is 2.63. The molecule has 0 fully saturated rings. The normalized spacial score (nSPS) is 20.2. The molecule has 0 bridgehead atoms. The number of benzene rings is 1. The van der Waals surface area contributed by atoms with E-state index >= 15 is 0 Å². The molecule has 0 saturated heterocycles. The molecule has 3 nitrogen and oxygen atoms in total. The van der Waals surface area contributed by atoms with E-state index in [-0.39, 0.29) is 11.9 Å². The number of halogens is 1. The molecule has 0 aliphatic heterocycles. The van der Waals surface area contributed by atoms with Gasteiger partial charge < -0.3 is 11.1 Å². The van der Waals surface area contributed by atoms with Crippen molar-refractivity contribution in [3.8, 4) is 0 Å². The first-order valence-electron chi connectivity index (χ1n) is 6.36. The van der Waals surface area contributed by atoms with Crippen molar-refractivity contribution in [2.24, 2.45) is 5.73 Å². The van der Waals surface area contributed by atoms with Crippen molar-refractivity contribution in [2.45, 2.75) is 44.7 Å². The van der Waals surface area contributed by atoms with Crippen LogP contribution in [-0.2, 0) is 17.6 Å². The number of carbonyl (C=O) groups excluding carboxylic acids is 1. The molecule has 0 aromatic heterocycles. The van der Waals surface area contributed by atoms with Gasteiger partial charge >= 0.3 is 0 Å². The van der Waals surface area contributed by atoms with Crippen molar-refractivity contribution in [3.05, 3.63) is 33.8 Å². The SMILES string of the molecule is CC(CC(N)=O)NC1CCc2cc(Br)ccc2C1. The van der Waals surface area contributed by atoms with E-state index in [9.17, 15) is 4.79 Å². The zero-order chi connectivity index (χ0) is 13.1. The summed E-state index contributed by atoms with van der Waals surface area (Å²) in [5.41, 5.74) is 8.05. The van der Waals surface area contributed by atoms with Crippen molar-refractivity contribution >= 4 is 21.8 Å². The minimum atomic E-state index is -0.241. The number of nitrogens with two attached hydrogens (primary N) is 1. The van der Waals surface area contributed by atoms with E-state index in [1.165, 1.54) is 11.1 Å². The van der Waals surface area contributed by atoms with Gasteiger partial charge in [0.15, 0.2) is 0 Å². The van der Waals surface area contributed by atoms with E-state index in [1.807, 2.05) is 6.92 Å². The lowest BCUT2D eigenvalue weighted by molar-refractivity contribution is -0.118. The second-order valence-corrected chi connectivity index (χ2v) is 6.01. The smallest absolute Gasteiger partial charge is 0.218 e. The van der Waals surface area contributed by atoms with Crippen molar-refractivity contribution in [3.63, 3.8) is 0 Å². The molecule has 3 N–H and O–H groups in total. The summed E-state index contributed by atoms with van der Waals surface area (Å²) in [5, 5.41) is 3.49. The minimum absolute atomic E-state index is 0.157. The zero-order valence-corrected chi connectivity index (χ0v) is 12.2.